The van der Waals surface area contributed by atoms with Crippen molar-refractivity contribution in [2.24, 2.45) is 0 Å². The van der Waals surface area contributed by atoms with Crippen molar-refractivity contribution < 1.29 is 9.47 Å². The van der Waals surface area contributed by atoms with Gasteiger partial charge >= 0.3 is 0 Å². The molecule has 2 rings (SSSR count). The third kappa shape index (κ3) is 2.18. The molecule has 3 nitrogen and oxygen atoms in total. The Morgan fingerprint density at radius 1 is 1.62 bits per heavy atom. The van der Waals surface area contributed by atoms with Crippen molar-refractivity contribution in [3.63, 3.8) is 0 Å². The zero-order valence-electron chi connectivity index (χ0n) is 7.07. The highest BCUT2D eigenvalue weighted by atomic mass is 35.5. The summed E-state index contributed by atoms with van der Waals surface area (Å²) in [5.41, 5.74) is 0.927. The van der Waals surface area contributed by atoms with Crippen LogP contribution >= 0.6 is 11.6 Å². The molecule has 0 spiro atoms. The number of rotatable bonds is 3. The normalized spacial score (nSPS) is 17.0. The molecule has 0 bridgehead atoms. The van der Waals surface area contributed by atoms with Crippen LogP contribution in [0.15, 0.2) is 18.3 Å². The van der Waals surface area contributed by atoms with E-state index in [1.807, 2.05) is 12.1 Å². The van der Waals surface area contributed by atoms with Gasteiger partial charge in [-0.25, -0.2) is 4.98 Å². The molecular formula is C9H10ClNO2. The first-order valence-corrected chi connectivity index (χ1v) is 4.53. The lowest BCUT2D eigenvalue weighted by Crippen LogP contribution is -2.35. The number of hydrogen-bond donors (Lipinski definition) is 0. The van der Waals surface area contributed by atoms with Crippen LogP contribution in [0.4, 0.5) is 0 Å². The van der Waals surface area contributed by atoms with Gasteiger partial charge < -0.3 is 9.47 Å². The summed E-state index contributed by atoms with van der Waals surface area (Å²) in [4.78, 5) is 3.96. The molecule has 0 amide bonds. The quantitative estimate of drug-likeness (QED) is 0.694. The van der Waals surface area contributed by atoms with Crippen molar-refractivity contribution in [2.45, 2.75) is 12.7 Å². The highest BCUT2D eigenvalue weighted by molar-refractivity contribution is 6.30. The Bertz CT molecular complexity index is 289. The van der Waals surface area contributed by atoms with E-state index in [0.29, 0.717) is 25.0 Å². The number of pyridine rings is 1. The fourth-order valence-corrected chi connectivity index (χ4v) is 1.22. The molecule has 1 aromatic heterocycles. The van der Waals surface area contributed by atoms with E-state index in [0.717, 1.165) is 5.56 Å². The van der Waals surface area contributed by atoms with Gasteiger partial charge in [-0.15, -0.1) is 0 Å². The van der Waals surface area contributed by atoms with E-state index in [-0.39, 0.29) is 6.10 Å². The third-order valence-electron chi connectivity index (χ3n) is 1.92. The second-order valence-corrected chi connectivity index (χ2v) is 3.28. The van der Waals surface area contributed by atoms with Gasteiger partial charge in [-0.3, -0.25) is 0 Å². The van der Waals surface area contributed by atoms with Gasteiger partial charge in [0.2, 0.25) is 0 Å². The first-order valence-electron chi connectivity index (χ1n) is 4.15. The fraction of sp³-hybridized carbons (Fsp3) is 0.444. The van der Waals surface area contributed by atoms with Crippen molar-refractivity contribution in [1.29, 1.82) is 0 Å². The van der Waals surface area contributed by atoms with E-state index in [9.17, 15) is 0 Å². The molecule has 1 aliphatic rings. The average molecular weight is 200 g/mol. The fourth-order valence-electron chi connectivity index (χ4n) is 1.04. The summed E-state index contributed by atoms with van der Waals surface area (Å²) in [6.07, 6.45) is 1.90. The molecule has 1 saturated heterocycles. The van der Waals surface area contributed by atoms with Gasteiger partial charge in [-0.1, -0.05) is 17.7 Å². The maximum absolute atomic E-state index is 5.85. The zero-order valence-corrected chi connectivity index (χ0v) is 7.83. The van der Waals surface area contributed by atoms with Gasteiger partial charge in [-0.05, 0) is 6.07 Å². The van der Waals surface area contributed by atoms with E-state index >= 15 is 0 Å². The predicted molar refractivity (Wildman–Crippen MR) is 48.6 cm³/mol. The minimum atomic E-state index is 0.233. The van der Waals surface area contributed by atoms with Crippen LogP contribution in [0.25, 0.3) is 0 Å². The van der Waals surface area contributed by atoms with Crippen molar-refractivity contribution in [3.8, 4) is 0 Å². The van der Waals surface area contributed by atoms with Crippen molar-refractivity contribution in [3.05, 3.63) is 29.0 Å². The number of hydrogen-bond acceptors (Lipinski definition) is 3. The third-order valence-corrected chi connectivity index (χ3v) is 2.26. The summed E-state index contributed by atoms with van der Waals surface area (Å²) in [6, 6.07) is 3.76. The molecule has 0 unspecified atom stereocenters. The van der Waals surface area contributed by atoms with Crippen LogP contribution in [0.5, 0.6) is 0 Å². The van der Waals surface area contributed by atoms with Crippen LogP contribution in [0, 0.1) is 0 Å². The maximum Gasteiger partial charge on any atom is 0.134 e. The smallest absolute Gasteiger partial charge is 0.134 e. The molecule has 1 fully saturated rings. The second-order valence-electron chi connectivity index (χ2n) is 2.92. The molecule has 0 radical (unpaired) electrons. The lowest BCUT2D eigenvalue weighted by atomic mass is 10.3. The van der Waals surface area contributed by atoms with Gasteiger partial charge in [0.1, 0.15) is 11.3 Å². The van der Waals surface area contributed by atoms with E-state index in [1.165, 1.54) is 0 Å². The van der Waals surface area contributed by atoms with Crippen LogP contribution in [0.1, 0.15) is 5.56 Å². The lowest BCUT2D eigenvalue weighted by Gasteiger charge is -2.25. The SMILES string of the molecule is Clc1ncccc1COC1COC1. The summed E-state index contributed by atoms with van der Waals surface area (Å²) in [5.74, 6) is 0. The Morgan fingerprint density at radius 2 is 2.46 bits per heavy atom. The molecule has 0 atom stereocenters. The van der Waals surface area contributed by atoms with Gasteiger partial charge in [0.05, 0.1) is 19.8 Å². The number of ether oxygens (including phenoxy) is 2. The molecule has 0 saturated carbocycles. The molecule has 4 heteroatoms. The molecule has 0 aromatic carbocycles. The van der Waals surface area contributed by atoms with Gasteiger partial charge in [0.25, 0.3) is 0 Å². The van der Waals surface area contributed by atoms with Crippen LogP contribution in [0.2, 0.25) is 5.15 Å². The molecule has 13 heavy (non-hydrogen) atoms. The molecule has 0 N–H and O–H groups in total. The summed E-state index contributed by atoms with van der Waals surface area (Å²) < 4.78 is 10.5. The Hall–Kier alpha value is -0.640. The van der Waals surface area contributed by atoms with Crippen molar-refractivity contribution in [1.82, 2.24) is 4.98 Å². The highest BCUT2D eigenvalue weighted by Gasteiger charge is 2.18. The van der Waals surface area contributed by atoms with E-state index in [2.05, 4.69) is 4.98 Å². The highest BCUT2D eigenvalue weighted by Crippen LogP contribution is 2.15. The molecule has 2 heterocycles. The minimum absolute atomic E-state index is 0.233. The van der Waals surface area contributed by atoms with E-state index < -0.39 is 0 Å². The molecule has 1 aromatic rings. The Kier molecular flexibility index (Phi) is 2.78. The maximum atomic E-state index is 5.85. The van der Waals surface area contributed by atoms with E-state index in [4.69, 9.17) is 21.1 Å². The van der Waals surface area contributed by atoms with Gasteiger partial charge in [0, 0.05) is 11.8 Å². The molecular weight excluding hydrogens is 190 g/mol. The Balaban J connectivity index is 1.89. The number of nitrogens with zero attached hydrogens (tertiary/aromatic N) is 1. The molecule has 1 aliphatic heterocycles. The largest absolute Gasteiger partial charge is 0.376 e. The summed E-state index contributed by atoms with van der Waals surface area (Å²) >= 11 is 5.85. The zero-order chi connectivity index (χ0) is 9.10. The molecule has 70 valence electrons. The second kappa shape index (κ2) is 4.05. The first-order chi connectivity index (χ1) is 6.36. The van der Waals surface area contributed by atoms with Gasteiger partial charge in [-0.2, -0.15) is 0 Å². The van der Waals surface area contributed by atoms with Crippen LogP contribution in [-0.4, -0.2) is 24.3 Å². The number of aromatic nitrogens is 1. The average Bonchev–Trinajstić information content (AvgIpc) is 2.05. The van der Waals surface area contributed by atoms with Crippen LogP contribution in [-0.2, 0) is 16.1 Å². The van der Waals surface area contributed by atoms with Crippen LogP contribution in [0.3, 0.4) is 0 Å². The van der Waals surface area contributed by atoms with E-state index in [1.54, 1.807) is 6.20 Å². The summed E-state index contributed by atoms with van der Waals surface area (Å²) in [6.45, 7) is 1.90. The Morgan fingerprint density at radius 3 is 3.08 bits per heavy atom. The van der Waals surface area contributed by atoms with Gasteiger partial charge in [0.15, 0.2) is 0 Å². The van der Waals surface area contributed by atoms with Crippen molar-refractivity contribution in [2.75, 3.05) is 13.2 Å². The monoisotopic (exact) mass is 199 g/mol. The van der Waals surface area contributed by atoms with Crippen LogP contribution < -0.4 is 0 Å². The predicted octanol–water partition coefficient (Wildman–Crippen LogP) is 1.65. The summed E-state index contributed by atoms with van der Waals surface area (Å²) in [7, 11) is 0. The van der Waals surface area contributed by atoms with Crippen molar-refractivity contribution >= 4 is 11.6 Å². The lowest BCUT2D eigenvalue weighted by molar-refractivity contribution is -0.135. The minimum Gasteiger partial charge on any atom is -0.376 e. The topological polar surface area (TPSA) is 31.4 Å². The molecule has 0 aliphatic carbocycles. The number of halogens is 1. The first kappa shape index (κ1) is 8.94. The standard InChI is InChI=1S/C9H10ClNO2/c10-9-7(2-1-3-11-9)4-13-8-5-12-6-8/h1-3,8H,4-6H2. The summed E-state index contributed by atoms with van der Waals surface area (Å²) in [5, 5.41) is 0.516. The Labute approximate surface area is 81.6 Å².